The Hall–Kier alpha value is -1.80. The highest BCUT2D eigenvalue weighted by Crippen LogP contribution is 2.14. The van der Waals surface area contributed by atoms with Gasteiger partial charge in [0.1, 0.15) is 5.75 Å². The number of hydrogen-bond donors (Lipinski definition) is 3. The molecule has 0 radical (unpaired) electrons. The van der Waals surface area contributed by atoms with Crippen LogP contribution in [0.25, 0.3) is 0 Å². The van der Waals surface area contributed by atoms with Crippen LogP contribution >= 0.6 is 0 Å². The number of benzene rings is 1. The molecular formula is C12H19N3O4S. The number of carbonyl (C=O) groups is 1. The van der Waals surface area contributed by atoms with E-state index in [2.05, 4.69) is 10.0 Å². The molecule has 20 heavy (non-hydrogen) atoms. The predicted molar refractivity (Wildman–Crippen MR) is 76.8 cm³/mol. The summed E-state index contributed by atoms with van der Waals surface area (Å²) in [4.78, 5) is 11.4. The zero-order chi connectivity index (χ0) is 15.0. The molecule has 1 rings (SSSR count). The van der Waals surface area contributed by atoms with E-state index in [4.69, 9.17) is 10.5 Å². The van der Waals surface area contributed by atoms with Gasteiger partial charge in [-0.1, -0.05) is 6.07 Å². The zero-order valence-electron chi connectivity index (χ0n) is 11.3. The van der Waals surface area contributed by atoms with E-state index < -0.39 is 10.0 Å². The van der Waals surface area contributed by atoms with E-state index in [9.17, 15) is 13.2 Å². The van der Waals surface area contributed by atoms with Crippen LogP contribution in [-0.2, 0) is 14.8 Å². The number of carbonyl (C=O) groups excluding carboxylic acids is 1. The number of hydrogen-bond acceptors (Lipinski definition) is 5. The van der Waals surface area contributed by atoms with Crippen molar-refractivity contribution in [1.82, 2.24) is 10.0 Å². The Balaban J connectivity index is 2.14. The van der Waals surface area contributed by atoms with Crippen molar-refractivity contribution < 1.29 is 17.9 Å². The molecular weight excluding hydrogens is 282 g/mol. The Kier molecular flexibility index (Phi) is 6.26. The fraction of sp³-hybridized carbons (Fsp3) is 0.417. The first-order chi connectivity index (χ1) is 9.37. The largest absolute Gasteiger partial charge is 0.493 e. The maximum absolute atomic E-state index is 11.4. The number of sulfonamides is 1. The summed E-state index contributed by atoms with van der Waals surface area (Å²) >= 11 is 0. The lowest BCUT2D eigenvalue weighted by Crippen LogP contribution is -2.34. The minimum Gasteiger partial charge on any atom is -0.493 e. The van der Waals surface area contributed by atoms with E-state index in [1.165, 1.54) is 0 Å². The van der Waals surface area contributed by atoms with Crippen molar-refractivity contribution in [3.05, 3.63) is 24.3 Å². The number of anilines is 1. The van der Waals surface area contributed by atoms with Gasteiger partial charge >= 0.3 is 0 Å². The monoisotopic (exact) mass is 301 g/mol. The Labute approximate surface area is 118 Å². The number of nitrogens with one attached hydrogen (secondary N) is 2. The average molecular weight is 301 g/mol. The topological polar surface area (TPSA) is 111 Å². The SMILES string of the molecule is CS(=O)(=O)NCCNC(=O)CCOc1cccc(N)c1. The number of nitrogen functional groups attached to an aromatic ring is 1. The van der Waals surface area contributed by atoms with Gasteiger partial charge in [0, 0.05) is 24.8 Å². The molecule has 0 saturated carbocycles. The lowest BCUT2D eigenvalue weighted by molar-refractivity contribution is -0.121. The minimum atomic E-state index is -3.22. The van der Waals surface area contributed by atoms with Gasteiger partial charge in [0.05, 0.1) is 19.3 Å². The van der Waals surface area contributed by atoms with Crippen molar-refractivity contribution in [2.75, 3.05) is 31.7 Å². The summed E-state index contributed by atoms with van der Waals surface area (Å²) in [6.07, 6.45) is 1.25. The molecule has 1 aromatic rings. The van der Waals surface area contributed by atoms with E-state index in [0.29, 0.717) is 11.4 Å². The van der Waals surface area contributed by atoms with Crippen molar-refractivity contribution in [2.24, 2.45) is 0 Å². The van der Waals surface area contributed by atoms with Crippen molar-refractivity contribution in [3.8, 4) is 5.75 Å². The first-order valence-corrected chi connectivity index (χ1v) is 7.95. The molecule has 0 aromatic heterocycles. The number of ether oxygens (including phenoxy) is 1. The van der Waals surface area contributed by atoms with Crippen LogP contribution in [0.5, 0.6) is 5.75 Å². The maximum atomic E-state index is 11.4. The summed E-state index contributed by atoms with van der Waals surface area (Å²) < 4.78 is 29.2. The van der Waals surface area contributed by atoms with Gasteiger partial charge in [0.2, 0.25) is 15.9 Å². The molecule has 0 spiro atoms. The van der Waals surface area contributed by atoms with Crippen molar-refractivity contribution in [3.63, 3.8) is 0 Å². The van der Waals surface area contributed by atoms with Crippen LogP contribution < -0.4 is 20.5 Å². The highest BCUT2D eigenvalue weighted by molar-refractivity contribution is 7.88. The van der Waals surface area contributed by atoms with Gasteiger partial charge in [-0.25, -0.2) is 13.1 Å². The van der Waals surface area contributed by atoms with Crippen LogP contribution in [0.15, 0.2) is 24.3 Å². The van der Waals surface area contributed by atoms with Gasteiger partial charge in [-0.3, -0.25) is 4.79 Å². The lowest BCUT2D eigenvalue weighted by atomic mass is 10.3. The van der Waals surface area contributed by atoms with Gasteiger partial charge < -0.3 is 15.8 Å². The maximum Gasteiger partial charge on any atom is 0.223 e. The van der Waals surface area contributed by atoms with Crippen LogP contribution in [0, 0.1) is 0 Å². The van der Waals surface area contributed by atoms with E-state index in [0.717, 1.165) is 6.26 Å². The van der Waals surface area contributed by atoms with Gasteiger partial charge in [-0.2, -0.15) is 0 Å². The van der Waals surface area contributed by atoms with Gasteiger partial charge in [0.25, 0.3) is 0 Å². The summed E-state index contributed by atoms with van der Waals surface area (Å²) in [5, 5.41) is 2.58. The standard InChI is InChI=1S/C12H19N3O4S/c1-20(17,18)15-7-6-14-12(16)5-8-19-11-4-2-3-10(13)9-11/h2-4,9,15H,5-8,13H2,1H3,(H,14,16). The van der Waals surface area contributed by atoms with E-state index in [1.54, 1.807) is 24.3 Å². The molecule has 0 unspecified atom stereocenters. The third kappa shape index (κ3) is 7.59. The normalized spacial score (nSPS) is 11.1. The van der Waals surface area contributed by atoms with E-state index in [-0.39, 0.29) is 32.0 Å². The molecule has 0 atom stereocenters. The first-order valence-electron chi connectivity index (χ1n) is 6.06. The summed E-state index contributed by atoms with van der Waals surface area (Å²) in [5.74, 6) is 0.403. The Morgan fingerprint density at radius 3 is 2.75 bits per heavy atom. The molecule has 0 aliphatic carbocycles. The molecule has 0 bridgehead atoms. The van der Waals surface area contributed by atoms with Crippen molar-refractivity contribution in [1.29, 1.82) is 0 Å². The Morgan fingerprint density at radius 1 is 1.35 bits per heavy atom. The van der Waals surface area contributed by atoms with Crippen molar-refractivity contribution in [2.45, 2.75) is 6.42 Å². The number of rotatable bonds is 8. The lowest BCUT2D eigenvalue weighted by Gasteiger charge is -2.08. The van der Waals surface area contributed by atoms with Crippen LogP contribution in [0.1, 0.15) is 6.42 Å². The average Bonchev–Trinajstić information content (AvgIpc) is 2.34. The van der Waals surface area contributed by atoms with Crippen molar-refractivity contribution >= 4 is 21.6 Å². The molecule has 4 N–H and O–H groups in total. The van der Waals surface area contributed by atoms with Gasteiger partial charge in [0.15, 0.2) is 0 Å². The molecule has 7 nitrogen and oxygen atoms in total. The Morgan fingerprint density at radius 2 is 2.10 bits per heavy atom. The second-order valence-electron chi connectivity index (χ2n) is 4.19. The van der Waals surface area contributed by atoms with Crippen LogP contribution in [-0.4, -0.2) is 40.3 Å². The predicted octanol–water partition coefficient (Wildman–Crippen LogP) is -0.297. The molecule has 0 aliphatic rings. The minimum absolute atomic E-state index is 0.167. The molecule has 0 fully saturated rings. The number of nitrogens with two attached hydrogens (primary N) is 1. The quantitative estimate of drug-likeness (QED) is 0.451. The van der Waals surface area contributed by atoms with Crippen LogP contribution in [0.3, 0.4) is 0 Å². The second-order valence-corrected chi connectivity index (χ2v) is 6.02. The van der Waals surface area contributed by atoms with Crippen LogP contribution in [0.4, 0.5) is 5.69 Å². The molecule has 1 amide bonds. The van der Waals surface area contributed by atoms with Crippen LogP contribution in [0.2, 0.25) is 0 Å². The fourth-order valence-electron chi connectivity index (χ4n) is 1.39. The molecule has 0 aliphatic heterocycles. The summed E-state index contributed by atoms with van der Waals surface area (Å²) in [5.41, 5.74) is 6.19. The molecule has 112 valence electrons. The van der Waals surface area contributed by atoms with E-state index in [1.807, 2.05) is 0 Å². The summed E-state index contributed by atoms with van der Waals surface area (Å²) in [7, 11) is -3.22. The number of amides is 1. The Bertz CT molecular complexity index is 545. The highest BCUT2D eigenvalue weighted by Gasteiger charge is 2.03. The first kappa shape index (κ1) is 16.3. The second kappa shape index (κ2) is 7.71. The van der Waals surface area contributed by atoms with Gasteiger partial charge in [-0.05, 0) is 12.1 Å². The zero-order valence-corrected chi connectivity index (χ0v) is 12.1. The van der Waals surface area contributed by atoms with E-state index >= 15 is 0 Å². The molecule has 0 saturated heterocycles. The molecule has 0 heterocycles. The molecule has 1 aromatic carbocycles. The highest BCUT2D eigenvalue weighted by atomic mass is 32.2. The third-order valence-electron chi connectivity index (χ3n) is 2.27. The fourth-order valence-corrected chi connectivity index (χ4v) is 1.87. The summed E-state index contributed by atoms with van der Waals surface area (Å²) in [6, 6.07) is 6.94. The van der Waals surface area contributed by atoms with Gasteiger partial charge in [-0.15, -0.1) is 0 Å². The molecule has 8 heteroatoms. The third-order valence-corrected chi connectivity index (χ3v) is 3.00. The summed E-state index contributed by atoms with van der Waals surface area (Å²) in [6.45, 7) is 0.639. The smallest absolute Gasteiger partial charge is 0.223 e.